The van der Waals surface area contributed by atoms with E-state index in [0.29, 0.717) is 5.16 Å². The Labute approximate surface area is 129 Å². The Morgan fingerprint density at radius 2 is 2.00 bits per heavy atom. The normalized spacial score (nSPS) is 11.3. The molecule has 1 amide bonds. The number of amides is 1. The van der Waals surface area contributed by atoms with Gasteiger partial charge in [-0.15, -0.1) is 0 Å². The van der Waals surface area contributed by atoms with Crippen molar-refractivity contribution in [1.29, 1.82) is 0 Å². The van der Waals surface area contributed by atoms with Gasteiger partial charge in [-0.3, -0.25) is 4.79 Å². The zero-order chi connectivity index (χ0) is 16.2. The number of hydrogen-bond acceptors (Lipinski definition) is 4. The van der Waals surface area contributed by atoms with Gasteiger partial charge in [-0.05, 0) is 25.1 Å². The number of alkyl halides is 3. The number of para-hydroxylation sites is 1. The van der Waals surface area contributed by atoms with Crippen LogP contribution in [-0.4, -0.2) is 21.6 Å². The van der Waals surface area contributed by atoms with Crippen LogP contribution < -0.4 is 5.32 Å². The number of aryl methyl sites for hydroxylation is 1. The van der Waals surface area contributed by atoms with Crippen LogP contribution in [0.1, 0.15) is 11.3 Å². The first kappa shape index (κ1) is 16.3. The second-order valence-corrected chi connectivity index (χ2v) is 5.30. The number of halogens is 3. The molecule has 2 rings (SSSR count). The summed E-state index contributed by atoms with van der Waals surface area (Å²) in [5.41, 5.74) is -0.383. The zero-order valence-corrected chi connectivity index (χ0v) is 12.3. The summed E-state index contributed by atoms with van der Waals surface area (Å²) in [6.45, 7) is 1.78. The highest BCUT2D eigenvalue weighted by molar-refractivity contribution is 7.99. The van der Waals surface area contributed by atoms with Crippen molar-refractivity contribution in [2.75, 3.05) is 11.1 Å². The van der Waals surface area contributed by atoms with E-state index in [4.69, 9.17) is 0 Å². The van der Waals surface area contributed by atoms with Gasteiger partial charge in [0.25, 0.3) is 0 Å². The highest BCUT2D eigenvalue weighted by Crippen LogP contribution is 2.34. The van der Waals surface area contributed by atoms with E-state index in [-0.39, 0.29) is 11.4 Å². The number of benzene rings is 1. The summed E-state index contributed by atoms with van der Waals surface area (Å²) >= 11 is 1.06. The molecule has 22 heavy (non-hydrogen) atoms. The number of thioether (sulfide) groups is 1. The maximum atomic E-state index is 12.8. The maximum absolute atomic E-state index is 12.8. The Morgan fingerprint density at radius 1 is 1.27 bits per heavy atom. The van der Waals surface area contributed by atoms with Crippen LogP contribution in [0.3, 0.4) is 0 Å². The SMILES string of the molecule is Cc1ccnc(SCC(=O)Nc2ccccc2C(F)(F)F)n1. The standard InChI is InChI=1S/C14H12F3N3OS/c1-9-6-7-18-13(19-9)22-8-12(21)20-11-5-3-2-4-10(11)14(15,16)17/h2-7H,8H2,1H3,(H,20,21). The van der Waals surface area contributed by atoms with Gasteiger partial charge in [0, 0.05) is 11.9 Å². The van der Waals surface area contributed by atoms with Gasteiger partial charge in [0.2, 0.25) is 5.91 Å². The number of anilines is 1. The maximum Gasteiger partial charge on any atom is 0.418 e. The monoisotopic (exact) mass is 327 g/mol. The molecule has 0 aliphatic heterocycles. The van der Waals surface area contributed by atoms with Gasteiger partial charge in [0.05, 0.1) is 17.0 Å². The Morgan fingerprint density at radius 3 is 2.68 bits per heavy atom. The van der Waals surface area contributed by atoms with Crippen molar-refractivity contribution in [3.05, 3.63) is 47.8 Å². The van der Waals surface area contributed by atoms with Crippen molar-refractivity contribution < 1.29 is 18.0 Å². The third kappa shape index (κ3) is 4.45. The quantitative estimate of drug-likeness (QED) is 0.689. The number of rotatable bonds is 4. The molecule has 0 saturated heterocycles. The molecule has 0 fully saturated rings. The average molecular weight is 327 g/mol. The van der Waals surface area contributed by atoms with Gasteiger partial charge in [-0.25, -0.2) is 9.97 Å². The van der Waals surface area contributed by atoms with Crippen LogP contribution in [0.15, 0.2) is 41.7 Å². The fourth-order valence-electron chi connectivity index (χ4n) is 1.65. The molecule has 0 radical (unpaired) electrons. The fraction of sp³-hybridized carbons (Fsp3) is 0.214. The lowest BCUT2D eigenvalue weighted by atomic mass is 10.1. The minimum Gasteiger partial charge on any atom is -0.325 e. The van der Waals surface area contributed by atoms with Gasteiger partial charge in [0.15, 0.2) is 5.16 Å². The molecule has 0 unspecified atom stereocenters. The van der Waals surface area contributed by atoms with Crippen LogP contribution in [0, 0.1) is 6.92 Å². The summed E-state index contributed by atoms with van der Waals surface area (Å²) in [6, 6.07) is 6.56. The van der Waals surface area contributed by atoms with Crippen molar-refractivity contribution in [1.82, 2.24) is 9.97 Å². The smallest absolute Gasteiger partial charge is 0.325 e. The average Bonchev–Trinajstić information content (AvgIpc) is 2.45. The zero-order valence-electron chi connectivity index (χ0n) is 11.5. The lowest BCUT2D eigenvalue weighted by Gasteiger charge is -2.13. The number of nitrogens with zero attached hydrogens (tertiary/aromatic N) is 2. The highest BCUT2D eigenvalue weighted by atomic mass is 32.2. The summed E-state index contributed by atoms with van der Waals surface area (Å²) < 4.78 is 38.5. The molecular weight excluding hydrogens is 315 g/mol. The van der Waals surface area contributed by atoms with Gasteiger partial charge >= 0.3 is 6.18 Å². The van der Waals surface area contributed by atoms with Crippen LogP contribution in [0.2, 0.25) is 0 Å². The van der Waals surface area contributed by atoms with Crippen molar-refractivity contribution in [2.45, 2.75) is 18.3 Å². The predicted molar refractivity (Wildman–Crippen MR) is 77.6 cm³/mol. The second-order valence-electron chi connectivity index (χ2n) is 4.36. The summed E-state index contributed by atoms with van der Waals surface area (Å²) in [5.74, 6) is -0.623. The molecule has 4 nitrogen and oxygen atoms in total. The predicted octanol–water partition coefficient (Wildman–Crippen LogP) is 3.53. The molecule has 1 aromatic heterocycles. The van der Waals surface area contributed by atoms with E-state index < -0.39 is 17.6 Å². The number of nitrogens with one attached hydrogen (secondary N) is 1. The molecule has 0 atom stereocenters. The van der Waals surface area contributed by atoms with E-state index in [9.17, 15) is 18.0 Å². The molecule has 1 aromatic carbocycles. The molecule has 0 aliphatic carbocycles. The minimum atomic E-state index is -4.52. The molecule has 2 aromatic rings. The third-order valence-corrected chi connectivity index (χ3v) is 3.47. The summed E-state index contributed by atoms with van der Waals surface area (Å²) in [6.07, 6.45) is -2.96. The van der Waals surface area contributed by atoms with Crippen LogP contribution in [0.4, 0.5) is 18.9 Å². The van der Waals surface area contributed by atoms with E-state index >= 15 is 0 Å². The van der Waals surface area contributed by atoms with Crippen LogP contribution in [0.5, 0.6) is 0 Å². The van der Waals surface area contributed by atoms with Crippen molar-refractivity contribution in [3.8, 4) is 0 Å². The first-order valence-electron chi connectivity index (χ1n) is 6.25. The van der Waals surface area contributed by atoms with E-state index in [1.54, 1.807) is 19.2 Å². The fourth-order valence-corrected chi connectivity index (χ4v) is 2.33. The molecule has 0 spiro atoms. The largest absolute Gasteiger partial charge is 0.418 e. The highest BCUT2D eigenvalue weighted by Gasteiger charge is 2.33. The number of carbonyl (C=O) groups excluding carboxylic acids is 1. The van der Waals surface area contributed by atoms with Crippen LogP contribution >= 0.6 is 11.8 Å². The Balaban J connectivity index is 2.01. The first-order valence-corrected chi connectivity index (χ1v) is 7.23. The van der Waals surface area contributed by atoms with E-state index in [1.807, 2.05) is 0 Å². The minimum absolute atomic E-state index is 0.0738. The molecule has 1 N–H and O–H groups in total. The molecule has 8 heteroatoms. The second kappa shape index (κ2) is 6.78. The lowest BCUT2D eigenvalue weighted by molar-refractivity contribution is -0.137. The number of carbonyl (C=O) groups is 1. The van der Waals surface area contributed by atoms with E-state index in [1.165, 1.54) is 18.2 Å². The summed E-state index contributed by atoms with van der Waals surface area (Å²) in [7, 11) is 0. The Hall–Kier alpha value is -2.09. The summed E-state index contributed by atoms with van der Waals surface area (Å²) in [5, 5.41) is 2.67. The third-order valence-electron chi connectivity index (χ3n) is 2.61. The summed E-state index contributed by atoms with van der Waals surface area (Å²) in [4.78, 5) is 19.9. The van der Waals surface area contributed by atoms with E-state index in [0.717, 1.165) is 23.5 Å². The number of hydrogen-bond donors (Lipinski definition) is 1. The van der Waals surface area contributed by atoms with Crippen molar-refractivity contribution >= 4 is 23.4 Å². The molecule has 0 bridgehead atoms. The van der Waals surface area contributed by atoms with Gasteiger partial charge < -0.3 is 5.32 Å². The first-order chi connectivity index (χ1) is 10.4. The van der Waals surface area contributed by atoms with Gasteiger partial charge in [-0.2, -0.15) is 13.2 Å². The van der Waals surface area contributed by atoms with Gasteiger partial charge in [0.1, 0.15) is 0 Å². The Kier molecular flexibility index (Phi) is 5.02. The van der Waals surface area contributed by atoms with Crippen LogP contribution in [-0.2, 0) is 11.0 Å². The van der Waals surface area contributed by atoms with Gasteiger partial charge in [-0.1, -0.05) is 23.9 Å². The molecule has 0 aliphatic rings. The molecular formula is C14H12F3N3OS. The van der Waals surface area contributed by atoms with Crippen LogP contribution in [0.25, 0.3) is 0 Å². The topological polar surface area (TPSA) is 54.9 Å². The molecule has 1 heterocycles. The molecule has 0 saturated carbocycles. The van der Waals surface area contributed by atoms with E-state index in [2.05, 4.69) is 15.3 Å². The lowest BCUT2D eigenvalue weighted by Crippen LogP contribution is -2.18. The van der Waals surface area contributed by atoms with Crippen molar-refractivity contribution in [2.24, 2.45) is 0 Å². The number of aromatic nitrogens is 2. The van der Waals surface area contributed by atoms with Crippen molar-refractivity contribution in [3.63, 3.8) is 0 Å². The Bertz CT molecular complexity index is 676. The molecule has 116 valence electrons.